The Labute approximate surface area is 78.9 Å². The Morgan fingerprint density at radius 3 is 3.36 bits per heavy atom. The van der Waals surface area contributed by atoms with E-state index in [-0.39, 0.29) is 0 Å². The van der Waals surface area contributed by atoms with Gasteiger partial charge in [-0.05, 0) is 34.0 Å². The summed E-state index contributed by atoms with van der Waals surface area (Å²) in [5.74, 6) is 0. The number of hydrogen-bond donors (Lipinski definition) is 1. The average Bonchev–Trinajstić information content (AvgIpc) is 2.45. The molecule has 2 rings (SSSR count). The summed E-state index contributed by atoms with van der Waals surface area (Å²) in [5, 5.41) is 3.47. The molecule has 1 aliphatic rings. The molecule has 1 unspecified atom stereocenters. The molecule has 0 saturated heterocycles. The monoisotopic (exact) mass is 231 g/mol. The van der Waals surface area contributed by atoms with E-state index >= 15 is 0 Å². The van der Waals surface area contributed by atoms with Crippen molar-refractivity contribution in [2.75, 3.05) is 0 Å². The van der Waals surface area contributed by atoms with Crippen LogP contribution in [0.4, 0.5) is 0 Å². The van der Waals surface area contributed by atoms with Crippen LogP contribution in [-0.4, -0.2) is 0 Å². The van der Waals surface area contributed by atoms with Gasteiger partial charge in [0.1, 0.15) is 0 Å². The lowest BCUT2D eigenvalue weighted by Crippen LogP contribution is -2.09. The lowest BCUT2D eigenvalue weighted by atomic mass is 10.2. The fourth-order valence-electron chi connectivity index (χ4n) is 1.50. The molecule has 60 valence electrons. The lowest BCUT2D eigenvalue weighted by Gasteiger charge is -2.05. The smallest absolute Gasteiger partial charge is 0.0705 e. The average molecular weight is 232 g/mol. The molecule has 1 atom stereocenters. The SMILES string of the molecule is CCC1NCc2cc(Br)sc21. The van der Waals surface area contributed by atoms with Crippen LogP contribution in [0.25, 0.3) is 0 Å². The molecule has 0 amide bonds. The van der Waals surface area contributed by atoms with E-state index in [1.54, 1.807) is 0 Å². The molecule has 1 nitrogen and oxygen atoms in total. The summed E-state index contributed by atoms with van der Waals surface area (Å²) in [6.45, 7) is 3.27. The van der Waals surface area contributed by atoms with Crippen molar-refractivity contribution in [2.45, 2.75) is 25.9 Å². The van der Waals surface area contributed by atoms with E-state index in [9.17, 15) is 0 Å². The molecule has 0 radical (unpaired) electrons. The van der Waals surface area contributed by atoms with Crippen LogP contribution >= 0.6 is 27.3 Å². The van der Waals surface area contributed by atoms with Gasteiger partial charge in [-0.2, -0.15) is 0 Å². The van der Waals surface area contributed by atoms with Gasteiger partial charge in [0.25, 0.3) is 0 Å². The summed E-state index contributed by atoms with van der Waals surface area (Å²) >= 11 is 5.37. The first kappa shape index (κ1) is 7.77. The molecule has 0 aliphatic carbocycles. The van der Waals surface area contributed by atoms with E-state index < -0.39 is 0 Å². The second-order valence-corrected chi connectivity index (χ2v) is 5.24. The summed E-state index contributed by atoms with van der Waals surface area (Å²) in [7, 11) is 0. The highest BCUT2D eigenvalue weighted by Gasteiger charge is 2.22. The molecule has 2 heterocycles. The third-order valence-corrected chi connectivity index (χ3v) is 3.87. The third-order valence-electron chi connectivity index (χ3n) is 2.08. The van der Waals surface area contributed by atoms with Gasteiger partial charge in [0, 0.05) is 17.5 Å². The number of halogens is 1. The quantitative estimate of drug-likeness (QED) is 0.784. The Bertz CT molecular complexity index is 269. The van der Waals surface area contributed by atoms with Gasteiger partial charge in [-0.15, -0.1) is 11.3 Å². The number of nitrogens with one attached hydrogen (secondary N) is 1. The molecule has 1 N–H and O–H groups in total. The first-order valence-corrected chi connectivity index (χ1v) is 5.43. The second kappa shape index (κ2) is 2.88. The van der Waals surface area contributed by atoms with Gasteiger partial charge in [-0.3, -0.25) is 0 Å². The summed E-state index contributed by atoms with van der Waals surface area (Å²) < 4.78 is 1.27. The molecule has 0 fully saturated rings. The van der Waals surface area contributed by atoms with Crippen LogP contribution in [0, 0.1) is 0 Å². The zero-order chi connectivity index (χ0) is 7.84. The van der Waals surface area contributed by atoms with Crippen LogP contribution in [0.3, 0.4) is 0 Å². The van der Waals surface area contributed by atoms with Crippen molar-refractivity contribution >= 4 is 27.3 Å². The van der Waals surface area contributed by atoms with Crippen LogP contribution in [0.1, 0.15) is 29.8 Å². The van der Waals surface area contributed by atoms with Gasteiger partial charge in [-0.25, -0.2) is 0 Å². The topological polar surface area (TPSA) is 12.0 Å². The van der Waals surface area contributed by atoms with E-state index in [0.29, 0.717) is 6.04 Å². The van der Waals surface area contributed by atoms with E-state index in [0.717, 1.165) is 6.54 Å². The molecule has 11 heavy (non-hydrogen) atoms. The third kappa shape index (κ3) is 1.25. The van der Waals surface area contributed by atoms with E-state index in [2.05, 4.69) is 34.2 Å². The number of rotatable bonds is 1. The molecule has 3 heteroatoms. The normalized spacial score (nSPS) is 22.2. The molecule has 0 spiro atoms. The Morgan fingerprint density at radius 1 is 1.82 bits per heavy atom. The highest BCUT2D eigenvalue weighted by molar-refractivity contribution is 9.11. The molecule has 0 bridgehead atoms. The summed E-state index contributed by atoms with van der Waals surface area (Å²) in [5.41, 5.74) is 1.48. The predicted molar refractivity (Wildman–Crippen MR) is 51.9 cm³/mol. The van der Waals surface area contributed by atoms with Crippen LogP contribution in [-0.2, 0) is 6.54 Å². The summed E-state index contributed by atoms with van der Waals surface area (Å²) in [6.07, 6.45) is 1.19. The number of thiophene rings is 1. The van der Waals surface area contributed by atoms with E-state index in [4.69, 9.17) is 0 Å². The van der Waals surface area contributed by atoms with Crippen molar-refractivity contribution in [3.63, 3.8) is 0 Å². The summed E-state index contributed by atoms with van der Waals surface area (Å²) in [6, 6.07) is 2.84. The summed E-state index contributed by atoms with van der Waals surface area (Å²) in [4.78, 5) is 1.53. The van der Waals surface area contributed by atoms with Gasteiger partial charge in [0.15, 0.2) is 0 Å². The van der Waals surface area contributed by atoms with Gasteiger partial charge in [-0.1, -0.05) is 6.92 Å². The number of fused-ring (bicyclic) bond motifs is 1. The largest absolute Gasteiger partial charge is 0.305 e. The minimum Gasteiger partial charge on any atom is -0.305 e. The number of hydrogen-bond acceptors (Lipinski definition) is 2. The standard InChI is InChI=1S/C8H10BrNS/c1-2-6-8-5(4-10-6)3-7(9)11-8/h3,6,10H,2,4H2,1H3. The molecule has 1 aliphatic heterocycles. The Kier molecular flexibility index (Phi) is 2.04. The van der Waals surface area contributed by atoms with Crippen molar-refractivity contribution in [2.24, 2.45) is 0 Å². The fourth-order valence-corrected chi connectivity index (χ4v) is 3.36. The second-order valence-electron chi connectivity index (χ2n) is 2.78. The molecule has 0 aromatic carbocycles. The lowest BCUT2D eigenvalue weighted by molar-refractivity contribution is 0.572. The molecule has 0 saturated carbocycles. The minimum atomic E-state index is 0.612. The van der Waals surface area contributed by atoms with E-state index in [1.807, 2.05) is 11.3 Å². The minimum absolute atomic E-state index is 0.612. The maximum absolute atomic E-state index is 3.51. The zero-order valence-corrected chi connectivity index (χ0v) is 8.76. The molecule has 1 aromatic rings. The highest BCUT2D eigenvalue weighted by atomic mass is 79.9. The first-order valence-electron chi connectivity index (χ1n) is 3.82. The van der Waals surface area contributed by atoms with Crippen LogP contribution < -0.4 is 5.32 Å². The molecular formula is C8H10BrNS. The maximum atomic E-state index is 3.51. The molecule has 1 aromatic heterocycles. The Morgan fingerprint density at radius 2 is 2.64 bits per heavy atom. The van der Waals surface area contributed by atoms with Gasteiger partial charge in [0.05, 0.1) is 3.79 Å². The van der Waals surface area contributed by atoms with Crippen molar-refractivity contribution in [1.82, 2.24) is 5.32 Å². The molecular weight excluding hydrogens is 222 g/mol. The van der Waals surface area contributed by atoms with Crippen molar-refractivity contribution in [1.29, 1.82) is 0 Å². The fraction of sp³-hybridized carbons (Fsp3) is 0.500. The van der Waals surface area contributed by atoms with Crippen LogP contribution in [0.2, 0.25) is 0 Å². The van der Waals surface area contributed by atoms with Gasteiger partial charge in [0.2, 0.25) is 0 Å². The predicted octanol–water partition coefficient (Wildman–Crippen LogP) is 3.06. The Hall–Kier alpha value is 0.140. The van der Waals surface area contributed by atoms with Gasteiger partial charge >= 0.3 is 0 Å². The van der Waals surface area contributed by atoms with Crippen LogP contribution in [0.15, 0.2) is 9.85 Å². The van der Waals surface area contributed by atoms with Crippen LogP contribution in [0.5, 0.6) is 0 Å². The zero-order valence-electron chi connectivity index (χ0n) is 6.36. The first-order chi connectivity index (χ1) is 5.31. The van der Waals surface area contributed by atoms with Crippen molar-refractivity contribution < 1.29 is 0 Å². The van der Waals surface area contributed by atoms with Gasteiger partial charge < -0.3 is 5.32 Å². The van der Waals surface area contributed by atoms with Crippen molar-refractivity contribution in [3.05, 3.63) is 20.3 Å². The highest BCUT2D eigenvalue weighted by Crippen LogP contribution is 2.37. The maximum Gasteiger partial charge on any atom is 0.0705 e. The Balaban J connectivity index is 2.37. The van der Waals surface area contributed by atoms with Crippen molar-refractivity contribution in [3.8, 4) is 0 Å². The van der Waals surface area contributed by atoms with E-state index in [1.165, 1.54) is 20.6 Å².